The van der Waals surface area contributed by atoms with E-state index in [1.807, 2.05) is 19.9 Å². The number of hydrogen-bond donors (Lipinski definition) is 1. The quantitative estimate of drug-likeness (QED) is 0.610. The van der Waals surface area contributed by atoms with E-state index >= 15 is 0 Å². The Morgan fingerprint density at radius 3 is 2.22 bits per heavy atom. The number of ether oxygens (including phenoxy) is 1. The van der Waals surface area contributed by atoms with Gasteiger partial charge in [-0.15, -0.1) is 0 Å². The Morgan fingerprint density at radius 2 is 1.63 bits per heavy atom. The molecule has 0 aliphatic carbocycles. The Bertz CT molecular complexity index is 734. The summed E-state index contributed by atoms with van der Waals surface area (Å²) in [4.78, 5) is 26.4. The molecule has 2 rings (SSSR count). The van der Waals surface area contributed by atoms with Crippen molar-refractivity contribution in [2.24, 2.45) is 0 Å². The lowest BCUT2D eigenvalue weighted by atomic mass is 10.3. The van der Waals surface area contributed by atoms with Gasteiger partial charge in [0.1, 0.15) is 11.5 Å². The lowest BCUT2D eigenvalue weighted by Gasteiger charge is -2.21. The second-order valence-corrected chi connectivity index (χ2v) is 6.13. The predicted octanol–water partition coefficient (Wildman–Crippen LogP) is 2.91. The van der Waals surface area contributed by atoms with E-state index in [-0.39, 0.29) is 11.8 Å². The van der Waals surface area contributed by atoms with Crippen molar-refractivity contribution in [3.63, 3.8) is 0 Å². The SMILES string of the molecule is CCc1ccc(C(=O)NCCCN(CCOC)C(=O)c2ccc(CC)o2)o1. The Hall–Kier alpha value is -2.54. The number of carbonyl (C=O) groups excluding carboxylic acids is 2. The summed E-state index contributed by atoms with van der Waals surface area (Å²) in [5.74, 6) is 1.78. The van der Waals surface area contributed by atoms with Crippen molar-refractivity contribution >= 4 is 11.8 Å². The lowest BCUT2D eigenvalue weighted by Crippen LogP contribution is -2.36. The van der Waals surface area contributed by atoms with Gasteiger partial charge in [0, 0.05) is 39.6 Å². The maximum atomic E-state index is 12.6. The third-order valence-corrected chi connectivity index (χ3v) is 4.20. The van der Waals surface area contributed by atoms with Gasteiger partial charge < -0.3 is 23.8 Å². The molecule has 2 aromatic rings. The van der Waals surface area contributed by atoms with Crippen molar-refractivity contribution in [3.8, 4) is 0 Å². The minimum absolute atomic E-state index is 0.170. The molecular weight excluding hydrogens is 348 g/mol. The van der Waals surface area contributed by atoms with Crippen LogP contribution in [-0.2, 0) is 17.6 Å². The molecule has 1 N–H and O–H groups in total. The van der Waals surface area contributed by atoms with Crippen LogP contribution in [0.15, 0.2) is 33.1 Å². The van der Waals surface area contributed by atoms with Gasteiger partial charge in [-0.25, -0.2) is 0 Å². The Labute approximate surface area is 159 Å². The van der Waals surface area contributed by atoms with Gasteiger partial charge in [0.2, 0.25) is 0 Å². The molecule has 7 heteroatoms. The number of amides is 2. The van der Waals surface area contributed by atoms with E-state index in [1.165, 1.54) is 0 Å². The van der Waals surface area contributed by atoms with E-state index in [0.29, 0.717) is 44.2 Å². The largest absolute Gasteiger partial charge is 0.456 e. The second-order valence-electron chi connectivity index (χ2n) is 6.13. The van der Waals surface area contributed by atoms with Crippen LogP contribution in [0.25, 0.3) is 0 Å². The second kappa shape index (κ2) is 10.6. The van der Waals surface area contributed by atoms with Crippen LogP contribution >= 0.6 is 0 Å². The molecular formula is C20H28N2O5. The number of rotatable bonds is 11. The summed E-state index contributed by atoms with van der Waals surface area (Å²) in [6.07, 6.45) is 2.10. The van der Waals surface area contributed by atoms with Crippen LogP contribution in [0.2, 0.25) is 0 Å². The van der Waals surface area contributed by atoms with E-state index in [4.69, 9.17) is 13.6 Å². The first-order chi connectivity index (χ1) is 13.1. The summed E-state index contributed by atoms with van der Waals surface area (Å²) in [5, 5.41) is 2.81. The Kier molecular flexibility index (Phi) is 8.13. The Balaban J connectivity index is 1.84. The van der Waals surface area contributed by atoms with Gasteiger partial charge in [-0.05, 0) is 30.7 Å². The molecule has 0 bridgehead atoms. The molecule has 27 heavy (non-hydrogen) atoms. The van der Waals surface area contributed by atoms with Gasteiger partial charge >= 0.3 is 0 Å². The highest BCUT2D eigenvalue weighted by Crippen LogP contribution is 2.12. The van der Waals surface area contributed by atoms with Gasteiger partial charge in [-0.2, -0.15) is 0 Å². The highest BCUT2D eigenvalue weighted by molar-refractivity contribution is 5.92. The number of furan rings is 2. The van der Waals surface area contributed by atoms with Gasteiger partial charge in [0.15, 0.2) is 11.5 Å². The molecule has 0 spiro atoms. The zero-order valence-electron chi connectivity index (χ0n) is 16.2. The number of hydrogen-bond acceptors (Lipinski definition) is 5. The number of carbonyl (C=O) groups is 2. The maximum Gasteiger partial charge on any atom is 0.289 e. The van der Waals surface area contributed by atoms with E-state index in [1.54, 1.807) is 30.2 Å². The normalized spacial score (nSPS) is 10.8. The minimum atomic E-state index is -0.247. The average molecular weight is 376 g/mol. The van der Waals surface area contributed by atoms with Crippen molar-refractivity contribution in [1.29, 1.82) is 0 Å². The van der Waals surface area contributed by atoms with Gasteiger partial charge in [0.25, 0.3) is 11.8 Å². The van der Waals surface area contributed by atoms with E-state index in [0.717, 1.165) is 24.4 Å². The zero-order valence-corrected chi connectivity index (χ0v) is 16.2. The first kappa shape index (κ1) is 20.8. The molecule has 2 aromatic heterocycles. The standard InChI is InChI=1S/C20H28N2O5/c1-4-15-7-9-17(26-15)19(23)21-11-6-12-22(13-14-25-3)20(24)18-10-8-16(5-2)27-18/h7-10H,4-6,11-14H2,1-3H3,(H,21,23). The fourth-order valence-electron chi connectivity index (χ4n) is 2.60. The third kappa shape index (κ3) is 5.99. The molecule has 7 nitrogen and oxygen atoms in total. The van der Waals surface area contributed by atoms with Crippen LogP contribution in [0, 0.1) is 0 Å². The fraction of sp³-hybridized carbons (Fsp3) is 0.500. The topological polar surface area (TPSA) is 84.9 Å². The summed E-state index contributed by atoms with van der Waals surface area (Å²) in [6.45, 7) is 5.77. The fourth-order valence-corrected chi connectivity index (χ4v) is 2.60. The van der Waals surface area contributed by atoms with Crippen molar-refractivity contribution in [2.45, 2.75) is 33.1 Å². The number of methoxy groups -OCH3 is 1. The van der Waals surface area contributed by atoms with E-state index in [2.05, 4.69) is 5.32 Å². The molecule has 0 aromatic carbocycles. The highest BCUT2D eigenvalue weighted by Gasteiger charge is 2.19. The lowest BCUT2D eigenvalue weighted by molar-refractivity contribution is 0.0660. The molecule has 0 aliphatic heterocycles. The minimum Gasteiger partial charge on any atom is -0.456 e. The highest BCUT2D eigenvalue weighted by atomic mass is 16.5. The molecule has 0 saturated carbocycles. The number of nitrogens with zero attached hydrogens (tertiary/aromatic N) is 1. The van der Waals surface area contributed by atoms with Crippen LogP contribution in [-0.4, -0.2) is 50.1 Å². The maximum absolute atomic E-state index is 12.6. The monoisotopic (exact) mass is 376 g/mol. The zero-order chi connectivity index (χ0) is 19.6. The van der Waals surface area contributed by atoms with Gasteiger partial charge in [-0.1, -0.05) is 13.8 Å². The average Bonchev–Trinajstić information content (AvgIpc) is 3.36. The molecule has 0 fully saturated rings. The molecule has 0 aliphatic rings. The smallest absolute Gasteiger partial charge is 0.289 e. The first-order valence-corrected chi connectivity index (χ1v) is 9.32. The first-order valence-electron chi connectivity index (χ1n) is 9.32. The molecule has 0 unspecified atom stereocenters. The summed E-state index contributed by atoms with van der Waals surface area (Å²) in [7, 11) is 1.60. The van der Waals surface area contributed by atoms with Crippen molar-refractivity contribution in [3.05, 3.63) is 47.3 Å². The molecule has 0 radical (unpaired) electrons. The predicted molar refractivity (Wildman–Crippen MR) is 101 cm³/mol. The number of aryl methyl sites for hydroxylation is 2. The van der Waals surface area contributed by atoms with E-state index < -0.39 is 0 Å². The van der Waals surface area contributed by atoms with Crippen molar-refractivity contribution in [2.75, 3.05) is 33.4 Å². The summed E-state index contributed by atoms with van der Waals surface area (Å²) < 4.78 is 16.1. The molecule has 2 heterocycles. The van der Waals surface area contributed by atoms with Crippen molar-refractivity contribution in [1.82, 2.24) is 10.2 Å². The molecule has 0 saturated heterocycles. The third-order valence-electron chi connectivity index (χ3n) is 4.20. The van der Waals surface area contributed by atoms with Crippen molar-refractivity contribution < 1.29 is 23.2 Å². The van der Waals surface area contributed by atoms with Crippen LogP contribution in [0.5, 0.6) is 0 Å². The number of nitrogens with one attached hydrogen (secondary N) is 1. The van der Waals surface area contributed by atoms with Crippen LogP contribution in [0.1, 0.15) is 52.9 Å². The van der Waals surface area contributed by atoms with Gasteiger partial charge in [-0.3, -0.25) is 9.59 Å². The van der Waals surface area contributed by atoms with Crippen LogP contribution in [0.3, 0.4) is 0 Å². The summed E-state index contributed by atoms with van der Waals surface area (Å²) in [6, 6.07) is 6.99. The molecule has 2 amide bonds. The van der Waals surface area contributed by atoms with Crippen LogP contribution < -0.4 is 5.32 Å². The molecule has 148 valence electrons. The Morgan fingerprint density at radius 1 is 1.00 bits per heavy atom. The summed E-state index contributed by atoms with van der Waals surface area (Å²) in [5.41, 5.74) is 0. The van der Waals surface area contributed by atoms with Crippen LogP contribution in [0.4, 0.5) is 0 Å². The summed E-state index contributed by atoms with van der Waals surface area (Å²) >= 11 is 0. The molecule has 0 atom stereocenters. The van der Waals surface area contributed by atoms with E-state index in [9.17, 15) is 9.59 Å². The van der Waals surface area contributed by atoms with Gasteiger partial charge in [0.05, 0.1) is 6.61 Å².